The summed E-state index contributed by atoms with van der Waals surface area (Å²) in [5.41, 5.74) is -0.0259. The van der Waals surface area contributed by atoms with Gasteiger partial charge < -0.3 is 23.7 Å². The van der Waals surface area contributed by atoms with Gasteiger partial charge in [0.2, 0.25) is 0 Å². The third kappa shape index (κ3) is 6.30. The van der Waals surface area contributed by atoms with E-state index in [9.17, 15) is 9.90 Å². The number of hydrogen-bond donors (Lipinski definition) is 1. The molecule has 0 saturated carbocycles. The summed E-state index contributed by atoms with van der Waals surface area (Å²) in [6.45, 7) is 10.6. The number of carbonyl (C=O) groups excluding carboxylic acids is 1. The molecule has 0 spiro atoms. The highest BCUT2D eigenvalue weighted by Crippen LogP contribution is 2.43. The lowest BCUT2D eigenvalue weighted by atomic mass is 9.99. The fourth-order valence-electron chi connectivity index (χ4n) is 3.57. The number of benzene rings is 2. The fraction of sp³-hybridized carbons (Fsp3) is 0.500. The zero-order valence-electron chi connectivity index (χ0n) is 20.8. The summed E-state index contributed by atoms with van der Waals surface area (Å²) in [5, 5.41) is 10.1. The predicted octanol–water partition coefficient (Wildman–Crippen LogP) is 5.13. The van der Waals surface area contributed by atoms with E-state index >= 15 is 0 Å². The number of aliphatic hydroxyl groups is 1. The van der Waals surface area contributed by atoms with E-state index in [1.807, 2.05) is 36.4 Å². The Morgan fingerprint density at radius 2 is 1.59 bits per heavy atom. The standard InChI is InChI=1S/C26H36O6SSi/c1-26(2,3)34(5,6)32-23-22(29-4)21(31-24(28)18-13-9-7-10-14-18)20(17-27)30-25(23)33-19-15-11-8-12-16-19/h7-16,20-23,25,27H,17H2,1-6H3/t20-,21-,22-,23+,25?/m1/s1. The quantitative estimate of drug-likeness (QED) is 0.395. The molecule has 6 nitrogen and oxygen atoms in total. The van der Waals surface area contributed by atoms with E-state index < -0.39 is 44.1 Å². The zero-order valence-corrected chi connectivity index (χ0v) is 22.6. The Morgan fingerprint density at radius 1 is 1.00 bits per heavy atom. The number of aliphatic hydroxyl groups excluding tert-OH is 1. The lowest BCUT2D eigenvalue weighted by molar-refractivity contribution is -0.210. The van der Waals surface area contributed by atoms with Crippen molar-refractivity contribution in [2.45, 2.75) is 73.7 Å². The second-order valence-corrected chi connectivity index (χ2v) is 15.9. The third-order valence-electron chi connectivity index (χ3n) is 6.53. The van der Waals surface area contributed by atoms with Crippen LogP contribution in [0.2, 0.25) is 18.1 Å². The van der Waals surface area contributed by atoms with E-state index in [-0.39, 0.29) is 11.6 Å². The molecule has 5 atom stereocenters. The van der Waals surface area contributed by atoms with Crippen molar-refractivity contribution in [2.75, 3.05) is 13.7 Å². The average molecular weight is 505 g/mol. The largest absolute Gasteiger partial charge is 0.453 e. The molecule has 0 bridgehead atoms. The maximum Gasteiger partial charge on any atom is 0.338 e. The van der Waals surface area contributed by atoms with Crippen molar-refractivity contribution in [3.05, 3.63) is 66.2 Å². The summed E-state index contributed by atoms with van der Waals surface area (Å²) in [6.07, 6.45) is -2.70. The van der Waals surface area contributed by atoms with Gasteiger partial charge in [0, 0.05) is 12.0 Å². The molecule has 34 heavy (non-hydrogen) atoms. The molecule has 2 aromatic carbocycles. The number of hydrogen-bond acceptors (Lipinski definition) is 7. The SMILES string of the molecule is CO[C@@H]1[C@H](OC(=O)c2ccccc2)[C@@H](CO)OC(Sc2ccccc2)[C@H]1O[Si](C)(C)C(C)(C)C. The molecule has 0 aromatic heterocycles. The van der Waals surface area contributed by atoms with Crippen LogP contribution in [-0.4, -0.2) is 63.0 Å². The van der Waals surface area contributed by atoms with Crippen molar-refractivity contribution >= 4 is 26.0 Å². The van der Waals surface area contributed by atoms with E-state index in [1.54, 1.807) is 31.4 Å². The second-order valence-electron chi connectivity index (χ2n) is 9.94. The average Bonchev–Trinajstić information content (AvgIpc) is 2.81. The summed E-state index contributed by atoms with van der Waals surface area (Å²) in [6, 6.07) is 18.7. The molecular weight excluding hydrogens is 468 g/mol. The minimum absolute atomic E-state index is 0.0444. The molecule has 0 radical (unpaired) electrons. The van der Waals surface area contributed by atoms with Crippen LogP contribution >= 0.6 is 11.8 Å². The molecule has 0 amide bonds. The van der Waals surface area contributed by atoms with Crippen LogP contribution in [0.15, 0.2) is 65.6 Å². The van der Waals surface area contributed by atoms with Crippen molar-refractivity contribution in [1.29, 1.82) is 0 Å². The monoisotopic (exact) mass is 504 g/mol. The Bertz CT molecular complexity index is 918. The molecule has 8 heteroatoms. The molecule has 3 rings (SSSR count). The van der Waals surface area contributed by atoms with Crippen LogP contribution in [-0.2, 0) is 18.6 Å². The summed E-state index contributed by atoms with van der Waals surface area (Å²) in [4.78, 5) is 13.9. The Morgan fingerprint density at radius 3 is 2.12 bits per heavy atom. The number of thioether (sulfide) groups is 1. The minimum Gasteiger partial charge on any atom is -0.453 e. The van der Waals surface area contributed by atoms with Gasteiger partial charge >= 0.3 is 5.97 Å². The van der Waals surface area contributed by atoms with Gasteiger partial charge in [-0.2, -0.15) is 0 Å². The summed E-state index contributed by atoms with van der Waals surface area (Å²) < 4.78 is 25.0. The van der Waals surface area contributed by atoms with Gasteiger partial charge in [0.15, 0.2) is 14.4 Å². The van der Waals surface area contributed by atoms with E-state index in [0.717, 1.165) is 4.90 Å². The Hall–Kier alpha value is -1.68. The molecule has 1 unspecified atom stereocenters. The lowest BCUT2D eigenvalue weighted by Crippen LogP contribution is -2.63. The Labute approximate surface area is 208 Å². The Balaban J connectivity index is 1.94. The van der Waals surface area contributed by atoms with Crippen LogP contribution in [0.1, 0.15) is 31.1 Å². The Kier molecular flexibility index (Phi) is 9.00. The van der Waals surface area contributed by atoms with E-state index in [2.05, 4.69) is 33.9 Å². The highest BCUT2D eigenvalue weighted by Gasteiger charge is 2.52. The molecule has 1 saturated heterocycles. The van der Waals surface area contributed by atoms with Crippen LogP contribution in [0.5, 0.6) is 0 Å². The van der Waals surface area contributed by atoms with Gasteiger partial charge in [0.25, 0.3) is 0 Å². The second kappa shape index (κ2) is 11.4. The third-order valence-corrected chi connectivity index (χ3v) is 12.2. The molecule has 1 N–H and O–H groups in total. The first-order valence-corrected chi connectivity index (χ1v) is 15.3. The van der Waals surface area contributed by atoms with Gasteiger partial charge in [0.05, 0.1) is 12.2 Å². The van der Waals surface area contributed by atoms with Crippen LogP contribution in [0.4, 0.5) is 0 Å². The van der Waals surface area contributed by atoms with Crippen molar-refractivity contribution < 1.29 is 28.5 Å². The molecule has 1 heterocycles. The summed E-state index contributed by atoms with van der Waals surface area (Å²) in [7, 11) is -0.668. The number of ether oxygens (including phenoxy) is 3. The van der Waals surface area contributed by atoms with Gasteiger partial charge in [-0.3, -0.25) is 0 Å². The summed E-state index contributed by atoms with van der Waals surface area (Å²) in [5.74, 6) is -0.491. The van der Waals surface area contributed by atoms with E-state index in [1.165, 1.54) is 11.8 Å². The minimum atomic E-state index is -2.25. The normalized spacial score (nSPS) is 25.7. The van der Waals surface area contributed by atoms with Crippen LogP contribution in [0.3, 0.4) is 0 Å². The molecule has 0 aliphatic carbocycles. The number of rotatable bonds is 8. The molecule has 186 valence electrons. The van der Waals surface area contributed by atoms with E-state index in [0.29, 0.717) is 5.56 Å². The van der Waals surface area contributed by atoms with Crippen LogP contribution in [0, 0.1) is 0 Å². The first-order valence-electron chi connectivity index (χ1n) is 11.5. The molecule has 1 aliphatic rings. The van der Waals surface area contributed by atoms with Crippen molar-refractivity contribution in [3.8, 4) is 0 Å². The van der Waals surface area contributed by atoms with Gasteiger partial charge in [-0.25, -0.2) is 4.79 Å². The maximum absolute atomic E-state index is 12.9. The smallest absolute Gasteiger partial charge is 0.338 e. The topological polar surface area (TPSA) is 74.2 Å². The zero-order chi connectivity index (χ0) is 24.9. The first-order chi connectivity index (χ1) is 16.1. The van der Waals surface area contributed by atoms with Crippen molar-refractivity contribution in [1.82, 2.24) is 0 Å². The van der Waals surface area contributed by atoms with Crippen molar-refractivity contribution in [2.24, 2.45) is 0 Å². The van der Waals surface area contributed by atoms with Gasteiger partial charge in [0.1, 0.15) is 23.7 Å². The van der Waals surface area contributed by atoms with Gasteiger partial charge in [-0.05, 0) is 42.4 Å². The number of methoxy groups -OCH3 is 1. The molecule has 1 fully saturated rings. The van der Waals surface area contributed by atoms with E-state index in [4.69, 9.17) is 18.6 Å². The maximum atomic E-state index is 12.9. The van der Waals surface area contributed by atoms with Gasteiger partial charge in [-0.1, -0.05) is 68.9 Å². The van der Waals surface area contributed by atoms with Crippen molar-refractivity contribution in [3.63, 3.8) is 0 Å². The fourth-order valence-corrected chi connectivity index (χ4v) is 6.09. The highest BCUT2D eigenvalue weighted by atomic mass is 32.2. The highest BCUT2D eigenvalue weighted by molar-refractivity contribution is 7.99. The molecule has 1 aliphatic heterocycles. The summed E-state index contributed by atoms with van der Waals surface area (Å²) >= 11 is 1.52. The number of esters is 1. The predicted molar refractivity (Wildman–Crippen MR) is 137 cm³/mol. The molecular formula is C26H36O6SSi. The first kappa shape index (κ1) is 26.9. The lowest BCUT2D eigenvalue weighted by Gasteiger charge is -2.49. The van der Waals surface area contributed by atoms with Crippen LogP contribution in [0.25, 0.3) is 0 Å². The molecule has 2 aromatic rings. The number of carbonyl (C=O) groups is 1. The van der Waals surface area contributed by atoms with Crippen LogP contribution < -0.4 is 0 Å². The van der Waals surface area contributed by atoms with Gasteiger partial charge in [-0.15, -0.1) is 0 Å².